The number of hydrogen-bond donors (Lipinski definition) is 1. The number of likely N-dealkylation sites (tertiary alicyclic amines) is 1. The van der Waals surface area contributed by atoms with Crippen LogP contribution in [0.1, 0.15) is 119 Å². The first-order valence-corrected chi connectivity index (χ1v) is 24.0. The minimum atomic E-state index is 0.225. The molecule has 4 aromatic carbocycles. The highest BCUT2D eigenvalue weighted by molar-refractivity contribution is 9.09. The van der Waals surface area contributed by atoms with E-state index >= 15 is 0 Å². The van der Waals surface area contributed by atoms with Crippen LogP contribution >= 0.6 is 15.9 Å². The molecule has 2 amide bonds. The molecule has 2 fully saturated rings. The number of para-hydroxylation sites is 2. The van der Waals surface area contributed by atoms with E-state index in [0.717, 1.165) is 88.0 Å². The van der Waals surface area contributed by atoms with Gasteiger partial charge in [0, 0.05) is 61.3 Å². The van der Waals surface area contributed by atoms with E-state index in [-0.39, 0.29) is 11.8 Å². The van der Waals surface area contributed by atoms with Crippen LogP contribution in [-0.4, -0.2) is 66.9 Å². The van der Waals surface area contributed by atoms with Crippen molar-refractivity contribution in [2.75, 3.05) is 47.9 Å². The number of benzene rings is 4. The molecule has 0 unspecified atom stereocenters. The fourth-order valence-corrected chi connectivity index (χ4v) is 7.24. The van der Waals surface area contributed by atoms with Crippen LogP contribution in [0.25, 0.3) is 0 Å². The molecular formula is C52H81BrN4O2. The van der Waals surface area contributed by atoms with Crippen LogP contribution in [0.2, 0.25) is 0 Å². The lowest BCUT2D eigenvalue weighted by Gasteiger charge is -2.38. The number of hydrogen-bond acceptors (Lipinski definition) is 4. The van der Waals surface area contributed by atoms with Gasteiger partial charge in [0.2, 0.25) is 11.8 Å². The van der Waals surface area contributed by atoms with Gasteiger partial charge in [0.25, 0.3) is 0 Å². The summed E-state index contributed by atoms with van der Waals surface area (Å²) in [5.41, 5.74) is 4.87. The smallest absolute Gasteiger partial charge is 0.226 e. The third-order valence-corrected chi connectivity index (χ3v) is 9.99. The predicted molar refractivity (Wildman–Crippen MR) is 263 cm³/mol. The number of amides is 2. The van der Waals surface area contributed by atoms with Crippen molar-refractivity contribution in [2.24, 2.45) is 0 Å². The van der Waals surface area contributed by atoms with E-state index < -0.39 is 0 Å². The van der Waals surface area contributed by atoms with Gasteiger partial charge in [0.1, 0.15) is 0 Å². The second kappa shape index (κ2) is 37.2. The van der Waals surface area contributed by atoms with Crippen molar-refractivity contribution in [3.05, 3.63) is 132 Å². The molecule has 328 valence electrons. The summed E-state index contributed by atoms with van der Waals surface area (Å²) in [6.45, 7) is 25.1. The first kappa shape index (κ1) is 55.2. The zero-order valence-corrected chi connectivity index (χ0v) is 40.2. The molecule has 6 nitrogen and oxygen atoms in total. The maximum atomic E-state index is 12.5. The van der Waals surface area contributed by atoms with Crippen molar-refractivity contribution < 1.29 is 9.59 Å². The van der Waals surface area contributed by atoms with E-state index in [2.05, 4.69) is 92.9 Å². The number of alkyl halides is 1. The second-order valence-electron chi connectivity index (χ2n) is 13.1. The minimum absolute atomic E-state index is 0.225. The number of halogens is 1. The third kappa shape index (κ3) is 21.9. The molecule has 0 radical (unpaired) electrons. The molecule has 6 rings (SSSR count). The summed E-state index contributed by atoms with van der Waals surface area (Å²) in [5.74, 6) is 0.456. The normalized spacial score (nSPS) is 13.4. The Bertz CT molecular complexity index is 1510. The molecular weight excluding hydrogens is 793 g/mol. The molecule has 2 saturated heterocycles. The summed E-state index contributed by atoms with van der Waals surface area (Å²) in [4.78, 5) is 31.2. The Hall–Kier alpha value is -3.78. The molecule has 2 aliphatic heterocycles. The van der Waals surface area contributed by atoms with Crippen LogP contribution in [0.5, 0.6) is 0 Å². The summed E-state index contributed by atoms with van der Waals surface area (Å²) in [7, 11) is 0. The van der Waals surface area contributed by atoms with Gasteiger partial charge in [-0.15, -0.1) is 0 Å². The number of anilines is 2. The average Bonchev–Trinajstić information content (AvgIpc) is 3.33. The van der Waals surface area contributed by atoms with Gasteiger partial charge in [0.15, 0.2) is 0 Å². The highest BCUT2D eigenvalue weighted by atomic mass is 79.9. The van der Waals surface area contributed by atoms with Crippen molar-refractivity contribution in [3.8, 4) is 0 Å². The van der Waals surface area contributed by atoms with Gasteiger partial charge >= 0.3 is 0 Å². The average molecular weight is 874 g/mol. The predicted octanol–water partition coefficient (Wildman–Crippen LogP) is 13.0. The molecule has 2 aliphatic rings. The van der Waals surface area contributed by atoms with Crippen LogP contribution in [0, 0.1) is 0 Å². The lowest BCUT2D eigenvalue weighted by Crippen LogP contribution is -2.47. The van der Waals surface area contributed by atoms with Crippen LogP contribution in [0.3, 0.4) is 0 Å². The first-order valence-electron chi connectivity index (χ1n) is 22.8. The van der Waals surface area contributed by atoms with E-state index in [1.54, 1.807) is 0 Å². The number of nitrogens with one attached hydrogen (secondary N) is 1. The molecule has 0 atom stereocenters. The van der Waals surface area contributed by atoms with Crippen LogP contribution < -0.4 is 15.1 Å². The van der Waals surface area contributed by atoms with E-state index in [1.165, 1.54) is 11.1 Å². The second-order valence-corrected chi connectivity index (χ2v) is 13.9. The highest BCUT2D eigenvalue weighted by Gasteiger charge is 2.28. The molecule has 0 aromatic heterocycles. The Labute approximate surface area is 370 Å². The fraction of sp³-hybridized carbons (Fsp3) is 0.500. The standard InChI is InChI=1S/C22H28N2O.C14H20N2O.C8H9Br.4C2H6/c1-2-22(25)24(20-11-7-4-8-12-20)21-14-17-23(18-15-21)16-13-19-9-5-3-6-10-19;1-2-14(17)16(12-6-4-3-5-7-12)13-8-10-15-11-9-13;9-7-6-8-4-2-1-3-5-8;4*1-2/h3-12,21H,2,13-18H2,1H3;3-7,13,15H,2,8-11H2,1H3;1-5H,6-7H2;4*1-2H3. The topological polar surface area (TPSA) is 55.9 Å². The third-order valence-electron chi connectivity index (χ3n) is 9.59. The summed E-state index contributed by atoms with van der Waals surface area (Å²) in [6.07, 6.45) is 7.54. The van der Waals surface area contributed by atoms with Crippen molar-refractivity contribution >= 4 is 39.1 Å². The largest absolute Gasteiger partial charge is 0.317 e. The van der Waals surface area contributed by atoms with Crippen molar-refractivity contribution in [1.29, 1.82) is 0 Å². The maximum absolute atomic E-state index is 12.5. The number of aryl methyl sites for hydroxylation is 1. The molecule has 4 aromatic rings. The first-order chi connectivity index (χ1) is 29.0. The molecule has 1 N–H and O–H groups in total. The molecule has 0 saturated carbocycles. The van der Waals surface area contributed by atoms with Gasteiger partial charge in [-0.1, -0.05) is 182 Å². The zero-order valence-electron chi connectivity index (χ0n) is 38.6. The van der Waals surface area contributed by atoms with E-state index in [4.69, 9.17) is 0 Å². The monoisotopic (exact) mass is 873 g/mol. The summed E-state index contributed by atoms with van der Waals surface area (Å²) >= 11 is 3.39. The lowest BCUT2D eigenvalue weighted by molar-refractivity contribution is -0.119. The number of nitrogens with zero attached hydrogens (tertiary/aromatic N) is 3. The maximum Gasteiger partial charge on any atom is 0.226 e. The Balaban J connectivity index is 0.000000854. The minimum Gasteiger partial charge on any atom is -0.317 e. The Morgan fingerprint density at radius 1 is 0.542 bits per heavy atom. The van der Waals surface area contributed by atoms with Crippen LogP contribution in [0.4, 0.5) is 11.4 Å². The molecule has 0 spiro atoms. The Morgan fingerprint density at radius 2 is 0.881 bits per heavy atom. The number of carbonyl (C=O) groups is 2. The summed E-state index contributed by atoms with van der Waals surface area (Å²) in [6, 6.07) is 42.0. The summed E-state index contributed by atoms with van der Waals surface area (Å²) in [5, 5.41) is 4.39. The highest BCUT2D eigenvalue weighted by Crippen LogP contribution is 2.25. The van der Waals surface area contributed by atoms with Gasteiger partial charge in [-0.3, -0.25) is 9.59 Å². The number of piperidine rings is 2. The Kier molecular flexibility index (Phi) is 34.9. The molecule has 0 aliphatic carbocycles. The fourth-order valence-electron chi connectivity index (χ4n) is 6.79. The number of carbonyl (C=O) groups excluding carboxylic acids is 2. The Morgan fingerprint density at radius 3 is 1.24 bits per heavy atom. The summed E-state index contributed by atoms with van der Waals surface area (Å²) < 4.78 is 0. The SMILES string of the molecule is BrCCc1ccccc1.CC.CC.CC.CC.CCC(=O)N(c1ccccc1)C1CCN(CCc2ccccc2)CC1.CCC(=O)N(c1ccccc1)C1CCNCC1. The lowest BCUT2D eigenvalue weighted by atomic mass is 10.0. The van der Waals surface area contributed by atoms with Crippen LogP contribution in [0.15, 0.2) is 121 Å². The quantitative estimate of drug-likeness (QED) is 0.153. The molecule has 59 heavy (non-hydrogen) atoms. The van der Waals surface area contributed by atoms with Gasteiger partial charge in [-0.25, -0.2) is 0 Å². The van der Waals surface area contributed by atoms with E-state index in [1.807, 2.05) is 134 Å². The van der Waals surface area contributed by atoms with Crippen molar-refractivity contribution in [1.82, 2.24) is 10.2 Å². The molecule has 2 heterocycles. The molecule has 7 heteroatoms. The van der Waals surface area contributed by atoms with Crippen molar-refractivity contribution in [2.45, 2.75) is 133 Å². The van der Waals surface area contributed by atoms with Gasteiger partial charge < -0.3 is 20.0 Å². The van der Waals surface area contributed by atoms with Gasteiger partial charge in [-0.05, 0) is 87.0 Å². The zero-order chi connectivity index (χ0) is 44.1. The van der Waals surface area contributed by atoms with Crippen LogP contribution in [-0.2, 0) is 22.4 Å². The van der Waals surface area contributed by atoms with Crippen molar-refractivity contribution in [3.63, 3.8) is 0 Å². The number of rotatable bonds is 11. The van der Waals surface area contributed by atoms with E-state index in [0.29, 0.717) is 24.9 Å². The van der Waals surface area contributed by atoms with Gasteiger partial charge in [-0.2, -0.15) is 0 Å². The van der Waals surface area contributed by atoms with Gasteiger partial charge in [0.05, 0.1) is 0 Å². The molecule has 0 bridgehead atoms. The van der Waals surface area contributed by atoms with E-state index in [9.17, 15) is 9.59 Å².